The molecule has 3 rings (SSSR count). The molecule has 1 amide bonds. The van der Waals surface area contributed by atoms with Crippen molar-refractivity contribution < 1.29 is 14.3 Å². The summed E-state index contributed by atoms with van der Waals surface area (Å²) in [4.78, 5) is 15.7. The maximum Gasteiger partial charge on any atom is 0.236 e. The predicted octanol–water partition coefficient (Wildman–Crippen LogP) is 1.08. The molecule has 22 heavy (non-hydrogen) atoms. The van der Waals surface area contributed by atoms with Crippen molar-refractivity contribution in [1.29, 1.82) is 0 Å². The van der Waals surface area contributed by atoms with Gasteiger partial charge in [0.15, 0.2) is 0 Å². The molecule has 0 aromatic heterocycles. The lowest BCUT2D eigenvalue weighted by Crippen LogP contribution is -2.60. The molecule has 3 fully saturated rings. The summed E-state index contributed by atoms with van der Waals surface area (Å²) >= 11 is 2.05. The highest BCUT2D eigenvalue weighted by atomic mass is 32.2. The van der Waals surface area contributed by atoms with Gasteiger partial charge in [0.2, 0.25) is 5.91 Å². The fourth-order valence-electron chi connectivity index (χ4n) is 3.53. The van der Waals surface area contributed by atoms with Crippen LogP contribution in [0.5, 0.6) is 0 Å². The number of amides is 1. The van der Waals surface area contributed by atoms with Crippen molar-refractivity contribution in [1.82, 2.24) is 9.80 Å². The van der Waals surface area contributed by atoms with E-state index in [0.29, 0.717) is 23.3 Å². The highest BCUT2D eigenvalue weighted by molar-refractivity contribution is 8.01. The summed E-state index contributed by atoms with van der Waals surface area (Å²) in [6.07, 6.45) is 3.84. The van der Waals surface area contributed by atoms with Gasteiger partial charge in [-0.1, -0.05) is 0 Å². The van der Waals surface area contributed by atoms with E-state index >= 15 is 0 Å². The highest BCUT2D eigenvalue weighted by Crippen LogP contribution is 2.46. The number of nitrogens with zero attached hydrogens (tertiary/aromatic N) is 2. The number of rotatable bonds is 5. The Morgan fingerprint density at radius 2 is 2.09 bits per heavy atom. The maximum absolute atomic E-state index is 11.7. The summed E-state index contributed by atoms with van der Waals surface area (Å²) in [6, 6.07) is 0. The zero-order valence-electron chi connectivity index (χ0n) is 13.8. The van der Waals surface area contributed by atoms with Gasteiger partial charge in [0.1, 0.15) is 0 Å². The molecule has 0 aromatic rings. The monoisotopic (exact) mass is 328 g/mol. The highest BCUT2D eigenvalue weighted by Gasteiger charge is 2.49. The van der Waals surface area contributed by atoms with Crippen molar-refractivity contribution in [2.45, 2.75) is 30.1 Å². The largest absolute Gasteiger partial charge is 0.381 e. The average molecular weight is 328 g/mol. The van der Waals surface area contributed by atoms with Gasteiger partial charge >= 0.3 is 0 Å². The fraction of sp³-hybridized carbons (Fsp3) is 0.938. The average Bonchev–Trinajstić information content (AvgIpc) is 2.90. The lowest BCUT2D eigenvalue weighted by Gasteiger charge is -2.47. The molecule has 0 aromatic carbocycles. The van der Waals surface area contributed by atoms with Gasteiger partial charge in [-0.25, -0.2) is 0 Å². The van der Waals surface area contributed by atoms with Crippen molar-refractivity contribution in [2.75, 3.05) is 59.3 Å². The lowest BCUT2D eigenvalue weighted by molar-refractivity contribution is -0.131. The third-order valence-electron chi connectivity index (χ3n) is 4.96. The third-order valence-corrected chi connectivity index (χ3v) is 6.54. The third kappa shape index (κ3) is 3.96. The van der Waals surface area contributed by atoms with Gasteiger partial charge in [0.25, 0.3) is 0 Å². The Kier molecular flexibility index (Phi) is 5.32. The summed E-state index contributed by atoms with van der Waals surface area (Å²) in [5.41, 5.74) is 0. The van der Waals surface area contributed by atoms with Crippen LogP contribution in [-0.2, 0) is 14.3 Å². The van der Waals surface area contributed by atoms with Crippen LogP contribution in [0.1, 0.15) is 19.3 Å². The van der Waals surface area contributed by atoms with Gasteiger partial charge in [-0.05, 0) is 25.2 Å². The van der Waals surface area contributed by atoms with Gasteiger partial charge in [0, 0.05) is 57.5 Å². The number of likely N-dealkylation sites (tertiary alicyclic amines) is 1. The van der Waals surface area contributed by atoms with E-state index in [1.54, 1.807) is 4.90 Å². The first-order chi connectivity index (χ1) is 10.6. The van der Waals surface area contributed by atoms with Crippen LogP contribution in [-0.4, -0.2) is 85.9 Å². The van der Waals surface area contributed by atoms with Crippen LogP contribution in [0.15, 0.2) is 0 Å². The van der Waals surface area contributed by atoms with Gasteiger partial charge in [-0.3, -0.25) is 9.69 Å². The zero-order chi connectivity index (χ0) is 15.6. The molecule has 0 aliphatic carbocycles. The molecule has 0 radical (unpaired) electrons. The van der Waals surface area contributed by atoms with Crippen molar-refractivity contribution in [3.8, 4) is 0 Å². The topological polar surface area (TPSA) is 42.0 Å². The Hall–Kier alpha value is -0.300. The number of likely N-dealkylation sites (N-methyl/N-ethyl adjacent to an activating group) is 1. The molecule has 0 bridgehead atoms. The molecule has 3 aliphatic heterocycles. The summed E-state index contributed by atoms with van der Waals surface area (Å²) in [7, 11) is 3.64. The molecule has 5 nitrogen and oxygen atoms in total. The van der Waals surface area contributed by atoms with Gasteiger partial charge < -0.3 is 14.4 Å². The van der Waals surface area contributed by atoms with E-state index in [9.17, 15) is 4.79 Å². The summed E-state index contributed by atoms with van der Waals surface area (Å²) in [5.74, 6) is 2.00. The fourth-order valence-corrected chi connectivity index (χ4v) is 5.13. The van der Waals surface area contributed by atoms with Gasteiger partial charge in [-0.15, -0.1) is 11.8 Å². The first-order valence-electron chi connectivity index (χ1n) is 8.32. The second kappa shape index (κ2) is 7.07. The Morgan fingerprint density at radius 1 is 1.36 bits per heavy atom. The van der Waals surface area contributed by atoms with E-state index in [2.05, 4.69) is 4.90 Å². The summed E-state index contributed by atoms with van der Waals surface area (Å²) in [5, 5.41) is 0. The van der Waals surface area contributed by atoms with Crippen LogP contribution < -0.4 is 0 Å². The second-order valence-electron chi connectivity index (χ2n) is 7.14. The van der Waals surface area contributed by atoms with Crippen LogP contribution in [0.2, 0.25) is 0 Å². The van der Waals surface area contributed by atoms with Crippen LogP contribution in [0.3, 0.4) is 0 Å². The summed E-state index contributed by atoms with van der Waals surface area (Å²) in [6.45, 7) is 5.32. The first kappa shape index (κ1) is 16.6. The first-order valence-corrected chi connectivity index (χ1v) is 9.31. The predicted molar refractivity (Wildman–Crippen MR) is 88.2 cm³/mol. The number of ether oxygens (including phenoxy) is 2. The molecule has 3 saturated heterocycles. The van der Waals surface area contributed by atoms with Crippen LogP contribution in [0, 0.1) is 5.92 Å². The molecule has 126 valence electrons. The van der Waals surface area contributed by atoms with E-state index in [1.807, 2.05) is 25.9 Å². The zero-order valence-corrected chi connectivity index (χ0v) is 14.6. The van der Waals surface area contributed by atoms with E-state index in [1.165, 1.54) is 0 Å². The molecular formula is C16H28N2O3S. The van der Waals surface area contributed by atoms with Gasteiger partial charge in [0.05, 0.1) is 12.6 Å². The summed E-state index contributed by atoms with van der Waals surface area (Å²) < 4.78 is 11.9. The van der Waals surface area contributed by atoms with Crippen molar-refractivity contribution >= 4 is 17.7 Å². The molecule has 1 spiro atoms. The van der Waals surface area contributed by atoms with E-state index < -0.39 is 0 Å². The maximum atomic E-state index is 11.7. The lowest BCUT2D eigenvalue weighted by atomic mass is 9.93. The minimum absolute atomic E-state index is 0.199. The smallest absolute Gasteiger partial charge is 0.236 e. The Labute approximate surface area is 137 Å². The quantitative estimate of drug-likeness (QED) is 0.755. The van der Waals surface area contributed by atoms with Crippen LogP contribution in [0.4, 0.5) is 0 Å². The second-order valence-corrected chi connectivity index (χ2v) is 8.63. The molecule has 0 unspecified atom stereocenters. The minimum Gasteiger partial charge on any atom is -0.381 e. The molecular weight excluding hydrogens is 300 g/mol. The number of hydrogen-bond donors (Lipinski definition) is 0. The number of carbonyl (C=O) groups is 1. The standard InChI is InChI=1S/C16H28N2O3S/c1-17(2)15(19)8-18-11-16(12-18)7-14(10-22-16)21-9-13-3-5-20-6-4-13/h13-14H,3-12H2,1-2H3/t14-/m1/s1. The van der Waals surface area contributed by atoms with E-state index in [0.717, 1.165) is 57.9 Å². The Balaban J connectivity index is 1.35. The Bertz CT molecular complexity index is 393. The SMILES string of the molecule is CN(C)C(=O)CN1CC2(C[C@@H](OCC3CCOCC3)CS2)C1. The number of thioether (sulfide) groups is 1. The normalized spacial score (nSPS) is 28.7. The van der Waals surface area contributed by atoms with Crippen molar-refractivity contribution in [2.24, 2.45) is 5.92 Å². The molecule has 6 heteroatoms. The Morgan fingerprint density at radius 3 is 2.77 bits per heavy atom. The minimum atomic E-state index is 0.199. The molecule has 0 N–H and O–H groups in total. The van der Waals surface area contributed by atoms with Gasteiger partial charge in [-0.2, -0.15) is 0 Å². The van der Waals surface area contributed by atoms with E-state index in [4.69, 9.17) is 9.47 Å². The van der Waals surface area contributed by atoms with Crippen LogP contribution in [0.25, 0.3) is 0 Å². The number of hydrogen-bond acceptors (Lipinski definition) is 5. The molecule has 3 heterocycles. The van der Waals surface area contributed by atoms with E-state index in [-0.39, 0.29) is 5.91 Å². The van der Waals surface area contributed by atoms with Crippen LogP contribution >= 0.6 is 11.8 Å². The van der Waals surface area contributed by atoms with Crippen molar-refractivity contribution in [3.05, 3.63) is 0 Å². The molecule has 3 aliphatic rings. The molecule has 0 saturated carbocycles. The van der Waals surface area contributed by atoms with Crippen molar-refractivity contribution in [3.63, 3.8) is 0 Å². The number of carbonyl (C=O) groups excluding carboxylic acids is 1. The molecule has 1 atom stereocenters.